The Bertz CT molecular complexity index is 588. The van der Waals surface area contributed by atoms with Gasteiger partial charge in [0.1, 0.15) is 5.76 Å². The number of nitrogens with zero attached hydrogens (tertiary/aromatic N) is 1. The third-order valence-electron chi connectivity index (χ3n) is 3.89. The lowest BCUT2D eigenvalue weighted by molar-refractivity contribution is 0.369. The molecule has 0 fully saturated rings. The van der Waals surface area contributed by atoms with Gasteiger partial charge in [0.05, 0.1) is 5.69 Å². The molecule has 2 nitrogen and oxygen atoms in total. The highest BCUT2D eigenvalue weighted by Gasteiger charge is 2.19. The quantitative estimate of drug-likeness (QED) is 0.772. The molecule has 1 aliphatic carbocycles. The molecule has 3 heteroatoms. The summed E-state index contributed by atoms with van der Waals surface area (Å²) in [7, 11) is 0. The Morgan fingerprint density at radius 3 is 2.84 bits per heavy atom. The first kappa shape index (κ1) is 12.8. The zero-order valence-electron chi connectivity index (χ0n) is 11.5. The van der Waals surface area contributed by atoms with Gasteiger partial charge in [-0.15, -0.1) is 11.8 Å². The third kappa shape index (κ3) is 2.71. The maximum absolute atomic E-state index is 5.46. The van der Waals surface area contributed by atoms with Crippen molar-refractivity contribution in [1.29, 1.82) is 0 Å². The predicted molar refractivity (Wildman–Crippen MR) is 78.6 cm³/mol. The second kappa shape index (κ2) is 5.41. The summed E-state index contributed by atoms with van der Waals surface area (Å²) in [6.45, 7) is 4.31. The molecule has 3 rings (SSSR count). The monoisotopic (exact) mass is 273 g/mol. The van der Waals surface area contributed by atoms with Gasteiger partial charge in [0.25, 0.3) is 0 Å². The zero-order chi connectivity index (χ0) is 13.2. The van der Waals surface area contributed by atoms with Gasteiger partial charge < -0.3 is 4.52 Å². The van der Waals surface area contributed by atoms with Crippen molar-refractivity contribution >= 4 is 11.8 Å². The van der Waals surface area contributed by atoms with Crippen LogP contribution in [-0.4, -0.2) is 5.16 Å². The van der Waals surface area contributed by atoms with Crippen molar-refractivity contribution in [3.8, 4) is 0 Å². The number of aromatic nitrogens is 1. The summed E-state index contributed by atoms with van der Waals surface area (Å²) >= 11 is 1.85. The molecule has 0 saturated carbocycles. The van der Waals surface area contributed by atoms with Gasteiger partial charge in [-0.3, -0.25) is 0 Å². The summed E-state index contributed by atoms with van der Waals surface area (Å²) < 4.78 is 5.46. The van der Waals surface area contributed by atoms with E-state index >= 15 is 0 Å². The van der Waals surface area contributed by atoms with Crippen LogP contribution >= 0.6 is 11.8 Å². The fourth-order valence-corrected chi connectivity index (χ4v) is 3.47. The van der Waals surface area contributed by atoms with Gasteiger partial charge in [-0.1, -0.05) is 11.2 Å². The number of fused-ring (bicyclic) bond motifs is 1. The van der Waals surface area contributed by atoms with Crippen LogP contribution in [0.25, 0.3) is 0 Å². The molecule has 1 aromatic carbocycles. The van der Waals surface area contributed by atoms with Crippen LogP contribution in [0, 0.1) is 13.8 Å². The van der Waals surface area contributed by atoms with Crippen LogP contribution in [0.1, 0.15) is 41.0 Å². The van der Waals surface area contributed by atoms with E-state index in [1.165, 1.54) is 34.4 Å². The normalized spacial score (nSPS) is 14.4. The Morgan fingerprint density at radius 2 is 2.00 bits per heavy atom. The minimum Gasteiger partial charge on any atom is -0.361 e. The van der Waals surface area contributed by atoms with E-state index < -0.39 is 0 Å². The van der Waals surface area contributed by atoms with E-state index in [1.807, 2.05) is 11.8 Å². The smallest absolute Gasteiger partial charge is 0.140 e. The molecule has 1 aliphatic rings. The van der Waals surface area contributed by atoms with Crippen LogP contribution in [-0.2, 0) is 18.6 Å². The lowest BCUT2D eigenvalue weighted by atomic mass is 9.97. The van der Waals surface area contributed by atoms with Crippen molar-refractivity contribution in [3.05, 3.63) is 46.3 Å². The predicted octanol–water partition coefficient (Wildman–Crippen LogP) is 4.46. The fraction of sp³-hybridized carbons (Fsp3) is 0.438. The van der Waals surface area contributed by atoms with Gasteiger partial charge in [0.2, 0.25) is 0 Å². The van der Waals surface area contributed by atoms with E-state index in [2.05, 4.69) is 37.2 Å². The van der Waals surface area contributed by atoms with Gasteiger partial charge >= 0.3 is 0 Å². The molecular weight excluding hydrogens is 254 g/mol. The van der Waals surface area contributed by atoms with Crippen molar-refractivity contribution in [1.82, 2.24) is 5.16 Å². The molecular formula is C16H19NOS. The molecule has 100 valence electrons. The summed E-state index contributed by atoms with van der Waals surface area (Å²) in [5.74, 6) is 2.04. The average molecular weight is 273 g/mol. The van der Waals surface area contributed by atoms with Gasteiger partial charge in [-0.2, -0.15) is 0 Å². The topological polar surface area (TPSA) is 26.0 Å². The standard InChI is InChI=1S/C16H19NOS/c1-11-7-8-13(9-12(11)2)19-10-15-14-5-3-4-6-16(14)18-17-15/h7-9H,3-6,10H2,1-2H3. The molecule has 0 bridgehead atoms. The first-order valence-corrected chi connectivity index (χ1v) is 7.89. The van der Waals surface area contributed by atoms with Crippen molar-refractivity contribution in [2.45, 2.75) is 50.2 Å². The van der Waals surface area contributed by atoms with Crippen molar-refractivity contribution in [3.63, 3.8) is 0 Å². The van der Waals surface area contributed by atoms with Crippen LogP contribution in [0.5, 0.6) is 0 Å². The first-order valence-electron chi connectivity index (χ1n) is 6.90. The number of benzene rings is 1. The van der Waals surface area contributed by atoms with Gasteiger partial charge in [-0.05, 0) is 56.4 Å². The Morgan fingerprint density at radius 1 is 1.16 bits per heavy atom. The number of rotatable bonds is 3. The largest absolute Gasteiger partial charge is 0.361 e. The molecule has 1 heterocycles. The number of thioether (sulfide) groups is 1. The third-order valence-corrected chi connectivity index (χ3v) is 4.89. The average Bonchev–Trinajstić information content (AvgIpc) is 2.83. The Hall–Kier alpha value is -1.22. The molecule has 0 N–H and O–H groups in total. The lowest BCUT2D eigenvalue weighted by Crippen LogP contribution is -2.01. The van der Waals surface area contributed by atoms with E-state index in [1.54, 1.807) is 0 Å². The zero-order valence-corrected chi connectivity index (χ0v) is 12.3. The first-order chi connectivity index (χ1) is 9.24. The van der Waals surface area contributed by atoms with E-state index in [0.29, 0.717) is 0 Å². The Balaban J connectivity index is 1.72. The van der Waals surface area contributed by atoms with Crippen LogP contribution in [0.4, 0.5) is 0 Å². The molecule has 0 spiro atoms. The van der Waals surface area contributed by atoms with Crippen molar-refractivity contribution in [2.75, 3.05) is 0 Å². The Kier molecular flexibility index (Phi) is 3.65. The highest BCUT2D eigenvalue weighted by atomic mass is 32.2. The SMILES string of the molecule is Cc1ccc(SCc2noc3c2CCCC3)cc1C. The molecule has 0 unspecified atom stereocenters. The molecule has 19 heavy (non-hydrogen) atoms. The molecule has 0 amide bonds. The second-order valence-electron chi connectivity index (χ2n) is 5.27. The van der Waals surface area contributed by atoms with E-state index in [9.17, 15) is 0 Å². The highest BCUT2D eigenvalue weighted by molar-refractivity contribution is 7.98. The molecule has 0 radical (unpaired) electrons. The van der Waals surface area contributed by atoms with Crippen molar-refractivity contribution in [2.24, 2.45) is 0 Å². The van der Waals surface area contributed by atoms with Gasteiger partial charge in [-0.25, -0.2) is 0 Å². The summed E-state index contributed by atoms with van der Waals surface area (Å²) in [5, 5.41) is 4.26. The second-order valence-corrected chi connectivity index (χ2v) is 6.32. The Labute approximate surface area is 118 Å². The van der Waals surface area contributed by atoms with Crippen LogP contribution < -0.4 is 0 Å². The number of hydrogen-bond acceptors (Lipinski definition) is 3. The number of aryl methyl sites for hydroxylation is 3. The summed E-state index contributed by atoms with van der Waals surface area (Å²) in [6, 6.07) is 6.64. The molecule has 0 atom stereocenters. The molecule has 1 aromatic heterocycles. The number of hydrogen-bond donors (Lipinski definition) is 0. The van der Waals surface area contributed by atoms with Gasteiger partial charge in [0, 0.05) is 22.6 Å². The highest BCUT2D eigenvalue weighted by Crippen LogP contribution is 2.30. The molecule has 0 aliphatic heterocycles. The van der Waals surface area contributed by atoms with Crippen LogP contribution in [0.2, 0.25) is 0 Å². The molecule has 0 saturated heterocycles. The summed E-state index contributed by atoms with van der Waals surface area (Å²) in [5.41, 5.74) is 5.23. The maximum atomic E-state index is 5.46. The van der Waals surface area contributed by atoms with E-state index in [-0.39, 0.29) is 0 Å². The lowest BCUT2D eigenvalue weighted by Gasteiger charge is -2.09. The van der Waals surface area contributed by atoms with Crippen LogP contribution in [0.15, 0.2) is 27.6 Å². The van der Waals surface area contributed by atoms with Crippen molar-refractivity contribution < 1.29 is 4.52 Å². The summed E-state index contributed by atoms with van der Waals surface area (Å²) in [6.07, 6.45) is 4.72. The minimum absolute atomic E-state index is 0.918. The summed E-state index contributed by atoms with van der Waals surface area (Å²) in [4.78, 5) is 1.32. The maximum Gasteiger partial charge on any atom is 0.140 e. The van der Waals surface area contributed by atoms with Crippen LogP contribution in [0.3, 0.4) is 0 Å². The van der Waals surface area contributed by atoms with E-state index in [0.717, 1.165) is 30.0 Å². The van der Waals surface area contributed by atoms with E-state index in [4.69, 9.17) is 4.52 Å². The molecule has 2 aromatic rings. The minimum atomic E-state index is 0.918. The fourth-order valence-electron chi connectivity index (χ4n) is 2.52. The van der Waals surface area contributed by atoms with Gasteiger partial charge in [0.15, 0.2) is 0 Å².